The van der Waals surface area contributed by atoms with Crippen molar-refractivity contribution in [3.63, 3.8) is 0 Å². The van der Waals surface area contributed by atoms with Gasteiger partial charge >= 0.3 is 0 Å². The van der Waals surface area contributed by atoms with E-state index in [1.165, 1.54) is 37.4 Å². The predicted molar refractivity (Wildman–Crippen MR) is 91.2 cm³/mol. The van der Waals surface area contributed by atoms with E-state index in [0.717, 1.165) is 4.90 Å². The van der Waals surface area contributed by atoms with E-state index in [0.29, 0.717) is 16.3 Å². The zero-order valence-electron chi connectivity index (χ0n) is 12.4. The summed E-state index contributed by atoms with van der Waals surface area (Å²) in [7, 11) is 1.38. The molecule has 3 rings (SSSR count). The Balaban J connectivity index is 2.11. The molecule has 0 aromatic heterocycles. The number of hydrogen-bond acceptors (Lipinski definition) is 3. The summed E-state index contributed by atoms with van der Waals surface area (Å²) in [6, 6.07) is 10.1. The van der Waals surface area contributed by atoms with Crippen molar-refractivity contribution < 1.29 is 14.0 Å². The highest BCUT2D eigenvalue weighted by molar-refractivity contribution is 6.41. The van der Waals surface area contributed by atoms with Crippen LogP contribution in [0.4, 0.5) is 10.1 Å². The van der Waals surface area contributed by atoms with Gasteiger partial charge in [-0.1, -0.05) is 29.3 Å². The maximum atomic E-state index is 13.0. The molecule has 0 spiro atoms. The first-order chi connectivity index (χ1) is 11.4. The summed E-state index contributed by atoms with van der Waals surface area (Å²) in [5, 5.41) is 3.55. The molecule has 24 heavy (non-hydrogen) atoms. The van der Waals surface area contributed by atoms with Crippen LogP contribution in [0.25, 0.3) is 5.57 Å². The van der Waals surface area contributed by atoms with E-state index in [1.54, 1.807) is 12.1 Å². The molecule has 0 radical (unpaired) electrons. The highest BCUT2D eigenvalue weighted by Crippen LogP contribution is 2.34. The van der Waals surface area contributed by atoms with Crippen LogP contribution in [0.3, 0.4) is 0 Å². The second kappa shape index (κ2) is 6.26. The minimum absolute atomic E-state index is 0.0818. The second-order valence-electron chi connectivity index (χ2n) is 5.18. The SMILES string of the molecule is CN1C(=O)C(Nc2ccc(F)cc2)=C(c2ccc(Cl)cc2Cl)C1=O. The molecule has 0 bridgehead atoms. The predicted octanol–water partition coefficient (Wildman–Crippen LogP) is 3.95. The molecule has 0 unspecified atom stereocenters. The first-order valence-corrected chi connectivity index (χ1v) is 7.68. The monoisotopic (exact) mass is 364 g/mol. The summed E-state index contributed by atoms with van der Waals surface area (Å²) in [5.41, 5.74) is 1.10. The molecule has 0 atom stereocenters. The molecule has 1 aliphatic rings. The number of halogens is 3. The number of nitrogens with one attached hydrogen (secondary N) is 1. The normalized spacial score (nSPS) is 14.6. The van der Waals surface area contributed by atoms with Gasteiger partial charge in [0.25, 0.3) is 11.8 Å². The van der Waals surface area contributed by atoms with Crippen molar-refractivity contribution in [1.29, 1.82) is 0 Å². The number of nitrogens with zero attached hydrogens (tertiary/aromatic N) is 1. The Morgan fingerprint density at radius 3 is 2.29 bits per heavy atom. The molecule has 0 fully saturated rings. The summed E-state index contributed by atoms with van der Waals surface area (Å²) in [6.07, 6.45) is 0. The van der Waals surface area contributed by atoms with Crippen molar-refractivity contribution in [3.8, 4) is 0 Å². The second-order valence-corrected chi connectivity index (χ2v) is 6.02. The number of benzene rings is 2. The van der Waals surface area contributed by atoms with Crippen LogP contribution in [-0.2, 0) is 9.59 Å². The molecule has 0 aliphatic carbocycles. The number of carbonyl (C=O) groups is 2. The topological polar surface area (TPSA) is 49.4 Å². The van der Waals surface area contributed by atoms with Gasteiger partial charge in [0, 0.05) is 23.3 Å². The lowest BCUT2D eigenvalue weighted by atomic mass is 10.0. The molecule has 2 aromatic carbocycles. The van der Waals surface area contributed by atoms with Gasteiger partial charge in [-0.3, -0.25) is 14.5 Å². The Morgan fingerprint density at radius 2 is 1.67 bits per heavy atom. The number of likely N-dealkylation sites (N-methyl/N-ethyl adjacent to an activating group) is 1. The fraction of sp³-hybridized carbons (Fsp3) is 0.0588. The van der Waals surface area contributed by atoms with Crippen molar-refractivity contribution in [2.24, 2.45) is 0 Å². The number of hydrogen-bond donors (Lipinski definition) is 1. The molecule has 1 N–H and O–H groups in total. The van der Waals surface area contributed by atoms with Crippen LogP contribution in [0.2, 0.25) is 10.0 Å². The van der Waals surface area contributed by atoms with Crippen LogP contribution < -0.4 is 5.32 Å². The molecular formula is C17H11Cl2FN2O2. The van der Waals surface area contributed by atoms with Crippen LogP contribution >= 0.6 is 23.2 Å². The van der Waals surface area contributed by atoms with Gasteiger partial charge in [-0.25, -0.2) is 4.39 Å². The van der Waals surface area contributed by atoms with E-state index >= 15 is 0 Å². The number of carbonyl (C=O) groups excluding carboxylic acids is 2. The molecule has 2 aromatic rings. The average Bonchev–Trinajstić information content (AvgIpc) is 2.75. The standard InChI is InChI=1S/C17H11Cl2FN2O2/c1-22-16(23)14(12-7-2-9(18)8-13(12)19)15(17(22)24)21-11-5-3-10(20)4-6-11/h2-8,21H,1H3. The van der Waals surface area contributed by atoms with Gasteiger partial charge in [-0.15, -0.1) is 0 Å². The molecular weight excluding hydrogens is 354 g/mol. The van der Waals surface area contributed by atoms with Crippen LogP contribution in [0.15, 0.2) is 48.2 Å². The van der Waals surface area contributed by atoms with E-state index in [2.05, 4.69) is 5.32 Å². The highest BCUT2D eigenvalue weighted by Gasteiger charge is 2.37. The molecule has 1 heterocycles. The van der Waals surface area contributed by atoms with E-state index in [9.17, 15) is 14.0 Å². The number of imide groups is 1. The van der Waals surface area contributed by atoms with E-state index < -0.39 is 17.6 Å². The molecule has 0 saturated heterocycles. The Bertz CT molecular complexity index is 879. The van der Waals surface area contributed by atoms with E-state index in [4.69, 9.17) is 23.2 Å². The largest absolute Gasteiger partial charge is 0.350 e. The Hall–Kier alpha value is -2.37. The molecule has 1 aliphatic heterocycles. The van der Waals surface area contributed by atoms with Crippen molar-refractivity contribution in [3.05, 3.63) is 69.6 Å². The lowest BCUT2D eigenvalue weighted by Crippen LogP contribution is -2.27. The van der Waals surface area contributed by atoms with Gasteiger partial charge in [0.15, 0.2) is 0 Å². The van der Waals surface area contributed by atoms with E-state index in [-0.39, 0.29) is 16.3 Å². The van der Waals surface area contributed by atoms with Crippen LogP contribution in [0.1, 0.15) is 5.56 Å². The molecule has 4 nitrogen and oxygen atoms in total. The van der Waals surface area contributed by atoms with Crippen LogP contribution in [0, 0.1) is 5.82 Å². The molecule has 122 valence electrons. The molecule has 0 saturated carbocycles. The lowest BCUT2D eigenvalue weighted by molar-refractivity contribution is -0.135. The maximum Gasteiger partial charge on any atom is 0.277 e. The fourth-order valence-electron chi connectivity index (χ4n) is 2.38. The molecule has 7 heteroatoms. The number of anilines is 1. The van der Waals surface area contributed by atoms with Crippen molar-refractivity contribution in [1.82, 2.24) is 4.90 Å². The summed E-state index contributed by atoms with van der Waals surface area (Å²) in [6.45, 7) is 0. The first kappa shape index (κ1) is 16.5. The zero-order valence-corrected chi connectivity index (χ0v) is 14.0. The van der Waals surface area contributed by atoms with Crippen LogP contribution in [-0.4, -0.2) is 23.8 Å². The maximum absolute atomic E-state index is 13.0. The minimum atomic E-state index is -0.495. The Labute approximate surface area is 147 Å². The lowest BCUT2D eigenvalue weighted by Gasteiger charge is -2.09. The minimum Gasteiger partial charge on any atom is -0.350 e. The van der Waals surface area contributed by atoms with Gasteiger partial charge < -0.3 is 5.32 Å². The third-order valence-electron chi connectivity index (χ3n) is 3.60. The quantitative estimate of drug-likeness (QED) is 0.838. The number of rotatable bonds is 3. The van der Waals surface area contributed by atoms with Crippen molar-refractivity contribution >= 4 is 46.3 Å². The summed E-state index contributed by atoms with van der Waals surface area (Å²) >= 11 is 12.1. The van der Waals surface area contributed by atoms with Gasteiger partial charge in [-0.05, 0) is 36.4 Å². The van der Waals surface area contributed by atoms with Crippen LogP contribution in [0.5, 0.6) is 0 Å². The average molecular weight is 365 g/mol. The van der Waals surface area contributed by atoms with Crippen molar-refractivity contribution in [2.75, 3.05) is 12.4 Å². The fourth-order valence-corrected chi connectivity index (χ4v) is 2.88. The number of amides is 2. The summed E-state index contributed by atoms with van der Waals surface area (Å²) < 4.78 is 13.0. The van der Waals surface area contributed by atoms with Gasteiger partial charge in [-0.2, -0.15) is 0 Å². The van der Waals surface area contributed by atoms with Crippen molar-refractivity contribution in [2.45, 2.75) is 0 Å². The van der Waals surface area contributed by atoms with Gasteiger partial charge in [0.05, 0.1) is 10.6 Å². The molecule has 2 amide bonds. The van der Waals surface area contributed by atoms with Gasteiger partial charge in [0.1, 0.15) is 11.5 Å². The highest BCUT2D eigenvalue weighted by atomic mass is 35.5. The van der Waals surface area contributed by atoms with Gasteiger partial charge in [0.2, 0.25) is 0 Å². The smallest absolute Gasteiger partial charge is 0.277 e. The Kier molecular flexibility index (Phi) is 4.30. The third-order valence-corrected chi connectivity index (χ3v) is 4.15. The third kappa shape index (κ3) is 2.88. The summed E-state index contributed by atoms with van der Waals surface area (Å²) in [5.74, 6) is -1.37. The Morgan fingerprint density at radius 1 is 1.00 bits per heavy atom. The zero-order chi connectivity index (χ0) is 17.4. The first-order valence-electron chi connectivity index (χ1n) is 6.93. The summed E-state index contributed by atoms with van der Waals surface area (Å²) in [4.78, 5) is 25.8. The van der Waals surface area contributed by atoms with E-state index in [1.807, 2.05) is 0 Å².